The van der Waals surface area contributed by atoms with E-state index in [1.54, 1.807) is 19.9 Å². The minimum Gasteiger partial charge on any atom is -0.462 e. The zero-order valence-electron chi connectivity index (χ0n) is 17.6. The summed E-state index contributed by atoms with van der Waals surface area (Å²) in [6.07, 6.45) is 1.37. The molecule has 9 heteroatoms. The number of rotatable bonds is 5. The van der Waals surface area contributed by atoms with Gasteiger partial charge in [-0.05, 0) is 69.3 Å². The van der Waals surface area contributed by atoms with Crippen molar-refractivity contribution in [3.63, 3.8) is 0 Å². The second kappa shape index (κ2) is 8.14. The zero-order chi connectivity index (χ0) is 22.3. The van der Waals surface area contributed by atoms with Crippen molar-refractivity contribution in [1.82, 2.24) is 9.47 Å². The Labute approximate surface area is 183 Å². The highest BCUT2D eigenvalue weighted by molar-refractivity contribution is 8.18. The molecular weight excluding hydrogens is 420 g/mol. The SMILES string of the molecule is Cc1cc(/C=C2\SC(=O)N(CC(=O)OC(C)C)C2=O)c(C)n1-c1ccc2c(c1)OCO2. The number of aromatic nitrogens is 1. The predicted molar refractivity (Wildman–Crippen MR) is 115 cm³/mol. The van der Waals surface area contributed by atoms with Crippen LogP contribution in [0.4, 0.5) is 4.79 Å². The number of carbonyl (C=O) groups excluding carboxylic acids is 3. The smallest absolute Gasteiger partial charge is 0.326 e. The molecule has 0 unspecified atom stereocenters. The van der Waals surface area contributed by atoms with E-state index in [1.807, 2.05) is 42.7 Å². The van der Waals surface area contributed by atoms with Gasteiger partial charge in [-0.15, -0.1) is 0 Å². The molecule has 2 amide bonds. The second-order valence-corrected chi connectivity index (χ2v) is 8.50. The van der Waals surface area contributed by atoms with Gasteiger partial charge in [0, 0.05) is 23.1 Å². The van der Waals surface area contributed by atoms with E-state index >= 15 is 0 Å². The molecule has 1 aromatic heterocycles. The fraction of sp³-hybridized carbons (Fsp3) is 0.318. The number of amides is 2. The summed E-state index contributed by atoms with van der Waals surface area (Å²) < 4.78 is 17.9. The van der Waals surface area contributed by atoms with Crippen molar-refractivity contribution >= 4 is 35.0 Å². The number of benzene rings is 1. The fourth-order valence-electron chi connectivity index (χ4n) is 3.56. The standard InChI is InChI=1S/C22H22N2O6S/c1-12(2)30-20(25)10-23-21(26)19(31-22(23)27)8-15-7-13(3)24(14(15)4)16-5-6-17-18(9-16)29-11-28-17/h5-9,12H,10-11H2,1-4H3/b19-8-. The average molecular weight is 442 g/mol. The Morgan fingerprint density at radius 1 is 1.19 bits per heavy atom. The molecule has 0 aliphatic carbocycles. The van der Waals surface area contributed by atoms with Gasteiger partial charge in [0.1, 0.15) is 6.54 Å². The van der Waals surface area contributed by atoms with Gasteiger partial charge in [0.25, 0.3) is 11.1 Å². The normalized spacial score (nSPS) is 16.7. The Hall–Kier alpha value is -3.20. The first-order valence-corrected chi connectivity index (χ1v) is 10.6. The third-order valence-corrected chi connectivity index (χ3v) is 5.81. The maximum absolute atomic E-state index is 12.7. The Kier molecular flexibility index (Phi) is 5.53. The molecule has 162 valence electrons. The number of fused-ring (bicyclic) bond motifs is 1. The molecule has 2 aromatic rings. The molecule has 3 heterocycles. The lowest BCUT2D eigenvalue weighted by atomic mass is 10.2. The van der Waals surface area contributed by atoms with Gasteiger partial charge in [-0.25, -0.2) is 0 Å². The Morgan fingerprint density at radius 2 is 1.94 bits per heavy atom. The number of ether oxygens (including phenoxy) is 3. The average Bonchev–Trinajstić information content (AvgIpc) is 3.34. The molecule has 2 aliphatic heterocycles. The highest BCUT2D eigenvalue weighted by Gasteiger charge is 2.37. The summed E-state index contributed by atoms with van der Waals surface area (Å²) in [6.45, 7) is 7.13. The summed E-state index contributed by atoms with van der Waals surface area (Å²) in [5.74, 6) is 0.278. The van der Waals surface area contributed by atoms with Crippen molar-refractivity contribution in [3.05, 3.63) is 46.1 Å². The molecule has 1 aromatic carbocycles. The van der Waals surface area contributed by atoms with Gasteiger partial charge < -0.3 is 18.8 Å². The van der Waals surface area contributed by atoms with Crippen molar-refractivity contribution in [1.29, 1.82) is 0 Å². The van der Waals surface area contributed by atoms with Gasteiger partial charge in [-0.2, -0.15) is 0 Å². The van der Waals surface area contributed by atoms with Crippen molar-refractivity contribution in [2.45, 2.75) is 33.8 Å². The van der Waals surface area contributed by atoms with E-state index in [2.05, 4.69) is 0 Å². The molecule has 31 heavy (non-hydrogen) atoms. The van der Waals surface area contributed by atoms with Gasteiger partial charge in [0.2, 0.25) is 6.79 Å². The number of thioether (sulfide) groups is 1. The monoisotopic (exact) mass is 442 g/mol. The van der Waals surface area contributed by atoms with Gasteiger partial charge in [0.15, 0.2) is 11.5 Å². The topological polar surface area (TPSA) is 87.1 Å². The second-order valence-electron chi connectivity index (χ2n) is 7.51. The lowest BCUT2D eigenvalue weighted by Crippen LogP contribution is -2.35. The van der Waals surface area contributed by atoms with Crippen LogP contribution in [0.2, 0.25) is 0 Å². The molecule has 0 atom stereocenters. The van der Waals surface area contributed by atoms with E-state index in [0.29, 0.717) is 11.5 Å². The maximum atomic E-state index is 12.7. The van der Waals surface area contributed by atoms with Crippen molar-refractivity contribution in [3.8, 4) is 17.2 Å². The number of aryl methyl sites for hydroxylation is 1. The van der Waals surface area contributed by atoms with E-state index < -0.39 is 23.7 Å². The zero-order valence-corrected chi connectivity index (χ0v) is 18.4. The molecule has 0 bridgehead atoms. The van der Waals surface area contributed by atoms with Crippen LogP contribution in [0.5, 0.6) is 11.5 Å². The first-order valence-electron chi connectivity index (χ1n) is 9.78. The van der Waals surface area contributed by atoms with E-state index in [-0.39, 0.29) is 17.8 Å². The first-order chi connectivity index (χ1) is 14.7. The Bertz CT molecular complexity index is 1120. The third-order valence-electron chi connectivity index (χ3n) is 4.90. The highest BCUT2D eigenvalue weighted by Crippen LogP contribution is 2.36. The van der Waals surface area contributed by atoms with E-state index in [1.165, 1.54) is 0 Å². The number of hydrogen-bond acceptors (Lipinski definition) is 7. The van der Waals surface area contributed by atoms with Crippen LogP contribution >= 0.6 is 11.8 Å². The molecule has 0 spiro atoms. The summed E-state index contributed by atoms with van der Waals surface area (Å²) in [6, 6.07) is 7.64. The van der Waals surface area contributed by atoms with Gasteiger partial charge in [-0.1, -0.05) is 0 Å². The van der Waals surface area contributed by atoms with E-state index in [0.717, 1.165) is 39.3 Å². The van der Waals surface area contributed by atoms with Crippen LogP contribution in [0.25, 0.3) is 11.8 Å². The van der Waals surface area contributed by atoms with Gasteiger partial charge in [0.05, 0.1) is 11.0 Å². The minimum absolute atomic E-state index is 0.203. The summed E-state index contributed by atoms with van der Waals surface area (Å²) in [5.41, 5.74) is 3.58. The number of nitrogens with zero attached hydrogens (tertiary/aromatic N) is 2. The number of imide groups is 1. The lowest BCUT2D eigenvalue weighted by molar-refractivity contribution is -0.149. The van der Waals surface area contributed by atoms with Gasteiger partial charge >= 0.3 is 5.97 Å². The first kappa shape index (κ1) is 21.0. The summed E-state index contributed by atoms with van der Waals surface area (Å²) in [7, 11) is 0. The van der Waals surface area contributed by atoms with Crippen LogP contribution in [-0.2, 0) is 14.3 Å². The lowest BCUT2D eigenvalue weighted by Gasteiger charge is -2.13. The Balaban J connectivity index is 1.60. The van der Waals surface area contributed by atoms with Gasteiger partial charge in [-0.3, -0.25) is 19.3 Å². The number of esters is 1. The fourth-order valence-corrected chi connectivity index (χ4v) is 4.39. The maximum Gasteiger partial charge on any atom is 0.326 e. The quantitative estimate of drug-likeness (QED) is 0.514. The minimum atomic E-state index is -0.612. The van der Waals surface area contributed by atoms with Crippen molar-refractivity contribution in [2.75, 3.05) is 13.3 Å². The molecular formula is C22H22N2O6S. The van der Waals surface area contributed by atoms with Crippen LogP contribution in [0, 0.1) is 13.8 Å². The van der Waals surface area contributed by atoms with Crippen LogP contribution in [0.15, 0.2) is 29.2 Å². The molecule has 1 fully saturated rings. The molecule has 2 aliphatic rings. The number of carbonyl (C=O) groups is 3. The van der Waals surface area contributed by atoms with Crippen LogP contribution in [-0.4, -0.2) is 46.0 Å². The largest absolute Gasteiger partial charge is 0.462 e. The summed E-state index contributed by atoms with van der Waals surface area (Å²) in [4.78, 5) is 38.1. The van der Waals surface area contributed by atoms with Crippen LogP contribution in [0.3, 0.4) is 0 Å². The van der Waals surface area contributed by atoms with Crippen LogP contribution < -0.4 is 9.47 Å². The van der Waals surface area contributed by atoms with Crippen molar-refractivity contribution in [2.24, 2.45) is 0 Å². The van der Waals surface area contributed by atoms with E-state index in [9.17, 15) is 14.4 Å². The summed E-state index contributed by atoms with van der Waals surface area (Å²) in [5, 5.41) is -0.485. The van der Waals surface area contributed by atoms with Crippen LogP contribution in [0.1, 0.15) is 30.8 Å². The third kappa shape index (κ3) is 4.05. The molecule has 0 N–H and O–H groups in total. The van der Waals surface area contributed by atoms with E-state index in [4.69, 9.17) is 14.2 Å². The summed E-state index contributed by atoms with van der Waals surface area (Å²) >= 11 is 0.818. The van der Waals surface area contributed by atoms with Crippen molar-refractivity contribution < 1.29 is 28.6 Å². The molecule has 8 nitrogen and oxygen atoms in total. The molecule has 0 radical (unpaired) electrons. The predicted octanol–water partition coefficient (Wildman–Crippen LogP) is 3.81. The highest BCUT2D eigenvalue weighted by atomic mass is 32.2. The molecule has 0 saturated carbocycles. The molecule has 4 rings (SSSR count). The number of hydrogen-bond donors (Lipinski definition) is 0. The molecule has 1 saturated heterocycles. The Morgan fingerprint density at radius 3 is 2.68 bits per heavy atom.